The summed E-state index contributed by atoms with van der Waals surface area (Å²) in [5.74, 6) is -0.363. The average Bonchev–Trinajstić information content (AvgIpc) is 2.31. The van der Waals surface area contributed by atoms with Crippen molar-refractivity contribution in [2.45, 2.75) is 45.3 Å². The van der Waals surface area contributed by atoms with Gasteiger partial charge < -0.3 is 15.3 Å². The van der Waals surface area contributed by atoms with Crippen LogP contribution in [-0.4, -0.2) is 33.5 Å². The quantitative estimate of drug-likeness (QED) is 0.535. The molecule has 3 aliphatic rings. The second kappa shape index (κ2) is 4.76. The van der Waals surface area contributed by atoms with Crippen LogP contribution in [0.25, 0.3) is 0 Å². The van der Waals surface area contributed by atoms with Crippen LogP contribution in [-0.2, 0) is 4.79 Å². The van der Waals surface area contributed by atoms with Crippen LogP contribution in [0.1, 0.15) is 33.1 Å². The fraction of sp³-hybridized carbons (Fsp3) is 0.667. The number of carboxylic acids is 1. The molecule has 4 heteroatoms. The Morgan fingerprint density at radius 2 is 2.21 bits per heavy atom. The lowest BCUT2D eigenvalue weighted by Crippen LogP contribution is -2.56. The summed E-state index contributed by atoms with van der Waals surface area (Å²) in [4.78, 5) is 10.7. The van der Waals surface area contributed by atoms with Crippen LogP contribution in [0.4, 0.5) is 0 Å². The normalized spacial score (nSPS) is 39.7. The second-order valence-electron chi connectivity index (χ2n) is 6.24. The van der Waals surface area contributed by atoms with E-state index in [0.717, 1.165) is 12.0 Å². The summed E-state index contributed by atoms with van der Waals surface area (Å²) in [6.45, 7) is 7.56. The number of rotatable bonds is 4. The summed E-state index contributed by atoms with van der Waals surface area (Å²) in [5, 5.41) is 28.7. The predicted octanol–water partition coefficient (Wildman–Crippen LogP) is 1.73. The van der Waals surface area contributed by atoms with Crippen molar-refractivity contribution in [1.82, 2.24) is 0 Å². The molecule has 0 radical (unpaired) electrons. The van der Waals surface area contributed by atoms with Gasteiger partial charge in [0.25, 0.3) is 0 Å². The van der Waals surface area contributed by atoms with Gasteiger partial charge in [0.15, 0.2) is 0 Å². The third kappa shape index (κ3) is 2.35. The van der Waals surface area contributed by atoms with E-state index in [2.05, 4.69) is 13.5 Å². The predicted molar refractivity (Wildman–Crippen MR) is 71.5 cm³/mol. The highest BCUT2D eigenvalue weighted by Crippen LogP contribution is 2.63. The average molecular weight is 266 g/mol. The van der Waals surface area contributed by atoms with E-state index in [-0.39, 0.29) is 16.9 Å². The van der Waals surface area contributed by atoms with Crippen LogP contribution >= 0.6 is 0 Å². The zero-order valence-corrected chi connectivity index (χ0v) is 11.5. The molecule has 106 valence electrons. The van der Waals surface area contributed by atoms with Crippen LogP contribution in [0.2, 0.25) is 0 Å². The number of fused-ring (bicyclic) bond motifs is 2. The third-order valence-corrected chi connectivity index (χ3v) is 5.06. The highest BCUT2D eigenvalue weighted by molar-refractivity contribution is 5.85. The van der Waals surface area contributed by atoms with Gasteiger partial charge in [-0.2, -0.15) is 0 Å². The highest BCUT2D eigenvalue weighted by atomic mass is 16.4. The van der Waals surface area contributed by atoms with E-state index in [1.165, 1.54) is 13.0 Å². The summed E-state index contributed by atoms with van der Waals surface area (Å²) < 4.78 is 0. The highest BCUT2D eigenvalue weighted by Gasteiger charge is 2.57. The molecule has 0 aliphatic heterocycles. The van der Waals surface area contributed by atoms with Crippen molar-refractivity contribution >= 4 is 5.97 Å². The Hall–Kier alpha value is -1.13. The van der Waals surface area contributed by atoms with Crippen LogP contribution in [0.5, 0.6) is 0 Å². The number of aliphatic carboxylic acids is 1. The molecular weight excluding hydrogens is 244 g/mol. The number of carboxylic acid groups (broad SMARTS) is 1. The van der Waals surface area contributed by atoms with Crippen molar-refractivity contribution in [2.75, 3.05) is 0 Å². The molecule has 3 aliphatic carbocycles. The molecule has 0 aromatic heterocycles. The summed E-state index contributed by atoms with van der Waals surface area (Å²) in [6, 6.07) is 0. The molecule has 3 saturated carbocycles. The lowest BCUT2D eigenvalue weighted by Gasteiger charge is -2.61. The first-order valence-electron chi connectivity index (χ1n) is 6.72. The molecule has 19 heavy (non-hydrogen) atoms. The standard InChI is InChI=1S/C15H22O4/c1-8(14(18)19)4-11(16)7-15(3)10-5-12(15)9(2)13(17)6-10/h4,10-13,16-17H,2,5-7H2,1,3H3,(H,18,19)/b8-4+/t10-,11+,12+,13+,15+/m0/s1. The number of aliphatic hydroxyl groups is 2. The van der Waals surface area contributed by atoms with Gasteiger partial charge in [-0.3, -0.25) is 0 Å². The third-order valence-electron chi connectivity index (χ3n) is 5.06. The Labute approximate surface area is 113 Å². The van der Waals surface area contributed by atoms with Gasteiger partial charge in [-0.05, 0) is 55.1 Å². The van der Waals surface area contributed by atoms with E-state index in [0.29, 0.717) is 18.8 Å². The number of hydrogen-bond acceptors (Lipinski definition) is 3. The first-order valence-corrected chi connectivity index (χ1v) is 6.72. The molecule has 0 spiro atoms. The monoisotopic (exact) mass is 266 g/mol. The molecule has 0 amide bonds. The number of hydrogen-bond donors (Lipinski definition) is 3. The second-order valence-corrected chi connectivity index (χ2v) is 6.24. The van der Waals surface area contributed by atoms with Gasteiger partial charge in [0.1, 0.15) is 0 Å². The van der Waals surface area contributed by atoms with Gasteiger partial charge in [-0.15, -0.1) is 0 Å². The summed E-state index contributed by atoms with van der Waals surface area (Å²) in [5.41, 5.74) is 0.973. The van der Waals surface area contributed by atoms with Gasteiger partial charge in [-0.25, -0.2) is 4.79 Å². The minimum atomic E-state index is -1.00. The molecule has 0 aromatic rings. The maximum absolute atomic E-state index is 10.7. The zero-order chi connectivity index (χ0) is 14.4. The molecule has 5 atom stereocenters. The largest absolute Gasteiger partial charge is 0.478 e. The minimum absolute atomic E-state index is 0.0645. The van der Waals surface area contributed by atoms with E-state index >= 15 is 0 Å². The maximum Gasteiger partial charge on any atom is 0.331 e. The smallest absolute Gasteiger partial charge is 0.331 e. The topological polar surface area (TPSA) is 77.8 Å². The van der Waals surface area contributed by atoms with Gasteiger partial charge in [0.05, 0.1) is 12.2 Å². The molecule has 0 aromatic carbocycles. The van der Waals surface area contributed by atoms with E-state index in [9.17, 15) is 15.0 Å². The van der Waals surface area contributed by atoms with Crippen LogP contribution < -0.4 is 0 Å². The van der Waals surface area contributed by atoms with Crippen LogP contribution in [0.3, 0.4) is 0 Å². The molecule has 0 heterocycles. The van der Waals surface area contributed by atoms with Crippen LogP contribution in [0, 0.1) is 17.3 Å². The SMILES string of the molecule is C=C1[C@H](O)C[C@@H]2C[C@H]1[C@]2(C)C[C@H](O)/C=C(\C)C(=O)O. The van der Waals surface area contributed by atoms with Crippen molar-refractivity contribution in [3.63, 3.8) is 0 Å². The van der Waals surface area contributed by atoms with Crippen molar-refractivity contribution in [3.05, 3.63) is 23.8 Å². The first kappa shape index (κ1) is 14.3. The summed E-state index contributed by atoms with van der Waals surface area (Å²) >= 11 is 0. The Morgan fingerprint density at radius 3 is 2.74 bits per heavy atom. The fourth-order valence-electron chi connectivity index (χ4n) is 3.72. The van der Waals surface area contributed by atoms with Crippen molar-refractivity contribution in [3.8, 4) is 0 Å². The molecule has 2 bridgehead atoms. The molecule has 0 saturated heterocycles. The summed E-state index contributed by atoms with van der Waals surface area (Å²) in [6.07, 6.45) is 2.50. The molecule has 4 nitrogen and oxygen atoms in total. The molecule has 0 unspecified atom stereocenters. The molecule has 3 N–H and O–H groups in total. The molecule has 3 fully saturated rings. The van der Waals surface area contributed by atoms with E-state index in [4.69, 9.17) is 5.11 Å². The number of aliphatic hydroxyl groups excluding tert-OH is 2. The fourth-order valence-corrected chi connectivity index (χ4v) is 3.72. The van der Waals surface area contributed by atoms with Crippen LogP contribution in [0.15, 0.2) is 23.8 Å². The Kier molecular flexibility index (Phi) is 3.58. The van der Waals surface area contributed by atoms with Crippen molar-refractivity contribution in [2.24, 2.45) is 17.3 Å². The Bertz CT molecular complexity index is 439. The van der Waals surface area contributed by atoms with Gasteiger partial charge in [0.2, 0.25) is 0 Å². The van der Waals surface area contributed by atoms with Crippen molar-refractivity contribution in [1.29, 1.82) is 0 Å². The zero-order valence-electron chi connectivity index (χ0n) is 11.5. The first-order chi connectivity index (χ1) is 8.75. The summed E-state index contributed by atoms with van der Waals surface area (Å²) in [7, 11) is 0. The van der Waals surface area contributed by atoms with Crippen molar-refractivity contribution < 1.29 is 20.1 Å². The van der Waals surface area contributed by atoms with Gasteiger partial charge in [0, 0.05) is 5.57 Å². The van der Waals surface area contributed by atoms with E-state index in [1.807, 2.05) is 0 Å². The maximum atomic E-state index is 10.7. The lowest BCUT2D eigenvalue weighted by atomic mass is 9.44. The van der Waals surface area contributed by atoms with Gasteiger partial charge in [-0.1, -0.05) is 13.5 Å². The lowest BCUT2D eigenvalue weighted by molar-refractivity contribution is -0.132. The minimum Gasteiger partial charge on any atom is -0.478 e. The Morgan fingerprint density at radius 1 is 1.58 bits per heavy atom. The van der Waals surface area contributed by atoms with Gasteiger partial charge >= 0.3 is 5.97 Å². The number of carbonyl (C=O) groups is 1. The molecule has 3 rings (SSSR count). The van der Waals surface area contributed by atoms with E-state index in [1.54, 1.807) is 0 Å². The molecular formula is C15H22O4. The Balaban J connectivity index is 2.06. The van der Waals surface area contributed by atoms with E-state index < -0.39 is 18.2 Å².